The van der Waals surface area contributed by atoms with Gasteiger partial charge < -0.3 is 5.11 Å². The van der Waals surface area contributed by atoms with E-state index in [1.54, 1.807) is 12.1 Å². The highest BCUT2D eigenvalue weighted by molar-refractivity contribution is 6.15. The molecule has 0 atom stereocenters. The molecule has 3 nitrogen and oxygen atoms in total. The Kier molecular flexibility index (Phi) is 3.24. The van der Waals surface area contributed by atoms with Gasteiger partial charge in [0.25, 0.3) is 0 Å². The second kappa shape index (κ2) is 4.84. The van der Waals surface area contributed by atoms with Crippen LogP contribution in [0, 0.1) is 0 Å². The number of allylic oxidation sites excluding steroid dienone is 1. The molecule has 0 saturated heterocycles. The number of carbonyl (C=O) groups excluding carboxylic acids is 1. The lowest BCUT2D eigenvalue weighted by molar-refractivity contribution is -0.132. The Hall–Kier alpha value is -2.42. The number of rotatable bonds is 3. The molecule has 0 heterocycles. The molecule has 0 aromatic heterocycles. The molecule has 0 bridgehead atoms. The molecule has 0 aliphatic heterocycles. The molecule has 0 radical (unpaired) electrons. The summed E-state index contributed by atoms with van der Waals surface area (Å²) in [6.45, 7) is 1.41. The molecule has 0 saturated carbocycles. The Balaban J connectivity index is 2.52. The average molecular weight is 240 g/mol. The van der Waals surface area contributed by atoms with E-state index in [-0.39, 0.29) is 11.4 Å². The quantitative estimate of drug-likeness (QED) is 0.662. The Morgan fingerprint density at radius 3 is 2.44 bits per heavy atom. The first-order chi connectivity index (χ1) is 8.59. The highest BCUT2D eigenvalue weighted by atomic mass is 16.4. The zero-order valence-electron chi connectivity index (χ0n) is 9.88. The Morgan fingerprint density at radius 1 is 1.06 bits per heavy atom. The summed E-state index contributed by atoms with van der Waals surface area (Å²) in [5.41, 5.74) is 0.557. The molecular weight excluding hydrogens is 228 g/mol. The second-order valence-corrected chi connectivity index (χ2v) is 4.02. The van der Waals surface area contributed by atoms with Gasteiger partial charge in [-0.15, -0.1) is 0 Å². The average Bonchev–Trinajstić information content (AvgIpc) is 2.37. The van der Waals surface area contributed by atoms with E-state index in [0.717, 1.165) is 16.8 Å². The fraction of sp³-hybridized carbons (Fsp3) is 0.0667. The van der Waals surface area contributed by atoms with Gasteiger partial charge in [-0.3, -0.25) is 4.79 Å². The minimum absolute atomic E-state index is 0.0351. The van der Waals surface area contributed by atoms with Crippen molar-refractivity contribution in [2.24, 2.45) is 0 Å². The van der Waals surface area contributed by atoms with Gasteiger partial charge in [-0.05, 0) is 23.8 Å². The number of carboxylic acid groups (broad SMARTS) is 1. The molecule has 0 amide bonds. The number of hydrogen-bond acceptors (Lipinski definition) is 2. The first kappa shape index (κ1) is 12.0. The second-order valence-electron chi connectivity index (χ2n) is 4.02. The molecule has 0 aliphatic carbocycles. The molecule has 2 aromatic carbocycles. The van der Waals surface area contributed by atoms with Crippen LogP contribution in [0.4, 0.5) is 0 Å². The smallest absolute Gasteiger partial charge is 0.331 e. The van der Waals surface area contributed by atoms with Crippen LogP contribution in [0.3, 0.4) is 0 Å². The highest BCUT2D eigenvalue weighted by Gasteiger charge is 2.09. The molecule has 2 aromatic rings. The number of aliphatic carboxylic acids is 1. The summed E-state index contributed by atoms with van der Waals surface area (Å²) >= 11 is 0. The minimum Gasteiger partial charge on any atom is -0.478 e. The lowest BCUT2D eigenvalue weighted by atomic mass is 10.0. The van der Waals surface area contributed by atoms with Crippen molar-refractivity contribution in [2.45, 2.75) is 6.92 Å². The lowest BCUT2D eigenvalue weighted by Crippen LogP contribution is -2.02. The number of carbonyl (C=O) groups is 2. The van der Waals surface area contributed by atoms with Gasteiger partial charge in [0.15, 0.2) is 5.78 Å². The summed E-state index contributed by atoms with van der Waals surface area (Å²) in [5.74, 6) is -1.37. The van der Waals surface area contributed by atoms with Crippen LogP contribution < -0.4 is 0 Å². The highest BCUT2D eigenvalue weighted by Crippen LogP contribution is 2.19. The maximum Gasteiger partial charge on any atom is 0.331 e. The van der Waals surface area contributed by atoms with Crippen LogP contribution in [-0.4, -0.2) is 16.9 Å². The van der Waals surface area contributed by atoms with Crippen molar-refractivity contribution in [2.75, 3.05) is 0 Å². The normalized spacial score (nSPS) is 11.5. The van der Waals surface area contributed by atoms with Crippen LogP contribution in [0.25, 0.3) is 10.8 Å². The molecule has 0 spiro atoms. The van der Waals surface area contributed by atoms with Crippen molar-refractivity contribution in [3.05, 3.63) is 59.7 Å². The number of carboxylic acids is 1. The summed E-state index contributed by atoms with van der Waals surface area (Å²) in [6, 6.07) is 12.9. The molecule has 0 unspecified atom stereocenters. The molecule has 2 rings (SSSR count). The summed E-state index contributed by atoms with van der Waals surface area (Å²) < 4.78 is 0. The van der Waals surface area contributed by atoms with E-state index in [4.69, 9.17) is 5.11 Å². The minimum atomic E-state index is -1.08. The van der Waals surface area contributed by atoms with E-state index in [1.165, 1.54) is 6.92 Å². The van der Waals surface area contributed by atoms with Gasteiger partial charge in [-0.1, -0.05) is 42.5 Å². The van der Waals surface area contributed by atoms with Gasteiger partial charge in [-0.2, -0.15) is 0 Å². The molecular formula is C15H12O3. The zero-order valence-corrected chi connectivity index (χ0v) is 9.88. The van der Waals surface area contributed by atoms with E-state index in [9.17, 15) is 9.59 Å². The van der Waals surface area contributed by atoms with E-state index < -0.39 is 5.97 Å². The number of ketones is 1. The Morgan fingerprint density at radius 2 is 1.72 bits per heavy atom. The molecule has 90 valence electrons. The molecule has 0 aliphatic rings. The summed E-state index contributed by atoms with van der Waals surface area (Å²) in [4.78, 5) is 22.7. The molecule has 3 heteroatoms. The van der Waals surface area contributed by atoms with Gasteiger partial charge in [-0.25, -0.2) is 4.79 Å². The van der Waals surface area contributed by atoms with Crippen LogP contribution in [0.5, 0.6) is 0 Å². The van der Waals surface area contributed by atoms with Crippen LogP contribution in [-0.2, 0) is 4.79 Å². The fourth-order valence-electron chi connectivity index (χ4n) is 1.78. The van der Waals surface area contributed by atoms with Gasteiger partial charge in [0.2, 0.25) is 0 Å². The fourth-order valence-corrected chi connectivity index (χ4v) is 1.78. The number of benzene rings is 2. The van der Waals surface area contributed by atoms with Crippen LogP contribution >= 0.6 is 0 Å². The van der Waals surface area contributed by atoms with Gasteiger partial charge >= 0.3 is 5.97 Å². The van der Waals surface area contributed by atoms with E-state index >= 15 is 0 Å². The van der Waals surface area contributed by atoms with E-state index in [0.29, 0.717) is 5.56 Å². The third-order valence-corrected chi connectivity index (χ3v) is 2.74. The van der Waals surface area contributed by atoms with Gasteiger partial charge in [0.1, 0.15) is 0 Å². The Bertz CT molecular complexity index is 648. The molecule has 0 fully saturated rings. The maximum absolute atomic E-state index is 12.0. The predicted octanol–water partition coefficient (Wildman–Crippen LogP) is 3.05. The largest absolute Gasteiger partial charge is 0.478 e. The van der Waals surface area contributed by atoms with Crippen molar-refractivity contribution >= 4 is 22.5 Å². The zero-order chi connectivity index (χ0) is 13.1. The SMILES string of the molecule is CC(=CC(=O)c1cccc2ccccc12)C(=O)O. The monoisotopic (exact) mass is 240 g/mol. The first-order valence-corrected chi connectivity index (χ1v) is 5.53. The third kappa shape index (κ3) is 2.30. The van der Waals surface area contributed by atoms with E-state index in [2.05, 4.69) is 0 Å². The molecule has 18 heavy (non-hydrogen) atoms. The van der Waals surface area contributed by atoms with Crippen LogP contribution in [0.1, 0.15) is 17.3 Å². The van der Waals surface area contributed by atoms with E-state index in [1.807, 2.05) is 30.3 Å². The van der Waals surface area contributed by atoms with Gasteiger partial charge in [0.05, 0.1) is 0 Å². The Labute approximate surface area is 104 Å². The summed E-state index contributed by atoms with van der Waals surface area (Å²) in [7, 11) is 0. The summed E-state index contributed by atoms with van der Waals surface area (Å²) in [6.07, 6.45) is 1.16. The van der Waals surface area contributed by atoms with Crippen molar-refractivity contribution in [3.63, 3.8) is 0 Å². The third-order valence-electron chi connectivity index (χ3n) is 2.74. The lowest BCUT2D eigenvalue weighted by Gasteiger charge is -2.03. The number of fused-ring (bicyclic) bond motifs is 1. The predicted molar refractivity (Wildman–Crippen MR) is 69.7 cm³/mol. The van der Waals surface area contributed by atoms with Crippen LogP contribution in [0.15, 0.2) is 54.1 Å². The van der Waals surface area contributed by atoms with Crippen LogP contribution in [0.2, 0.25) is 0 Å². The van der Waals surface area contributed by atoms with Crippen molar-refractivity contribution < 1.29 is 14.7 Å². The van der Waals surface area contributed by atoms with Crippen molar-refractivity contribution in [1.82, 2.24) is 0 Å². The van der Waals surface area contributed by atoms with Crippen molar-refractivity contribution in [1.29, 1.82) is 0 Å². The van der Waals surface area contributed by atoms with Crippen molar-refractivity contribution in [3.8, 4) is 0 Å². The summed E-state index contributed by atoms with van der Waals surface area (Å²) in [5, 5.41) is 10.6. The van der Waals surface area contributed by atoms with Gasteiger partial charge in [0, 0.05) is 11.1 Å². The molecule has 1 N–H and O–H groups in total. The first-order valence-electron chi connectivity index (χ1n) is 5.53. The maximum atomic E-state index is 12.0. The standard InChI is InChI=1S/C15H12O3/c1-10(15(17)18)9-14(16)13-8-4-6-11-5-2-3-7-12(11)13/h2-9H,1H3,(H,17,18). The number of hydrogen-bond donors (Lipinski definition) is 1. The topological polar surface area (TPSA) is 54.4 Å².